The Morgan fingerprint density at radius 1 is 1.29 bits per heavy atom. The molecule has 0 saturated heterocycles. The smallest absolute Gasteiger partial charge is 0.251 e. The summed E-state index contributed by atoms with van der Waals surface area (Å²) in [6, 6.07) is 7.24. The molecule has 0 aliphatic heterocycles. The van der Waals surface area contributed by atoms with Crippen molar-refractivity contribution in [3.63, 3.8) is 0 Å². The van der Waals surface area contributed by atoms with Gasteiger partial charge in [0.25, 0.3) is 5.91 Å². The van der Waals surface area contributed by atoms with E-state index < -0.39 is 0 Å². The lowest BCUT2D eigenvalue weighted by Gasteiger charge is -2.10. The number of hydrogen-bond acceptors (Lipinski definition) is 4. The molecule has 4 N–H and O–H groups in total. The van der Waals surface area contributed by atoms with E-state index in [-0.39, 0.29) is 11.7 Å². The van der Waals surface area contributed by atoms with Crippen LogP contribution in [0.25, 0.3) is 0 Å². The Bertz CT molecular complexity index is 628. The molecule has 2 rings (SSSR count). The molecular weight excluding hydrogens is 271 g/mol. The number of nitrogen functional groups attached to an aromatic ring is 1. The summed E-state index contributed by atoms with van der Waals surface area (Å²) in [6.07, 6.45) is 1.58. The third-order valence-electron chi connectivity index (χ3n) is 2.91. The second kappa shape index (κ2) is 6.69. The van der Waals surface area contributed by atoms with Gasteiger partial charge in [0.15, 0.2) is 0 Å². The number of nitrogens with two attached hydrogens (primary N) is 1. The van der Waals surface area contributed by atoms with Crippen molar-refractivity contribution < 1.29 is 9.18 Å². The molecule has 1 heterocycles. The fourth-order valence-corrected chi connectivity index (χ4v) is 1.84. The van der Waals surface area contributed by atoms with Crippen molar-refractivity contribution in [2.24, 2.45) is 0 Å². The Morgan fingerprint density at radius 2 is 2.00 bits per heavy atom. The van der Waals surface area contributed by atoms with Gasteiger partial charge >= 0.3 is 0 Å². The number of carbonyl (C=O) groups is 1. The van der Waals surface area contributed by atoms with Gasteiger partial charge in [0.05, 0.1) is 11.9 Å². The maximum absolute atomic E-state index is 12.8. The van der Waals surface area contributed by atoms with E-state index in [1.165, 1.54) is 24.3 Å². The number of benzene rings is 1. The number of hydrogen-bond donors (Lipinski definition) is 3. The van der Waals surface area contributed by atoms with Gasteiger partial charge in [0.1, 0.15) is 11.6 Å². The van der Waals surface area contributed by atoms with Crippen molar-refractivity contribution in [3.05, 3.63) is 53.5 Å². The monoisotopic (exact) mass is 288 g/mol. The summed E-state index contributed by atoms with van der Waals surface area (Å²) in [4.78, 5) is 16.0. The van der Waals surface area contributed by atoms with Crippen LogP contribution in [0.5, 0.6) is 0 Å². The van der Waals surface area contributed by atoms with E-state index in [0.717, 1.165) is 11.4 Å². The molecule has 0 spiro atoms. The Balaban J connectivity index is 1.79. The lowest BCUT2D eigenvalue weighted by atomic mass is 10.2. The second-order valence-corrected chi connectivity index (χ2v) is 4.62. The van der Waals surface area contributed by atoms with Crippen LogP contribution in [-0.4, -0.2) is 24.0 Å². The van der Waals surface area contributed by atoms with Crippen molar-refractivity contribution in [2.45, 2.75) is 6.92 Å². The molecule has 0 fully saturated rings. The zero-order valence-electron chi connectivity index (χ0n) is 11.7. The van der Waals surface area contributed by atoms with Gasteiger partial charge in [-0.25, -0.2) is 9.37 Å². The quantitative estimate of drug-likeness (QED) is 0.735. The molecule has 0 saturated carbocycles. The first-order valence-corrected chi connectivity index (χ1v) is 6.56. The fourth-order valence-electron chi connectivity index (χ4n) is 1.84. The summed E-state index contributed by atoms with van der Waals surface area (Å²) in [5, 5.41) is 5.86. The van der Waals surface area contributed by atoms with Crippen molar-refractivity contribution in [1.82, 2.24) is 10.3 Å². The number of carbonyl (C=O) groups excluding carboxylic acids is 1. The topological polar surface area (TPSA) is 80.0 Å². The number of nitrogens with zero attached hydrogens (tertiary/aromatic N) is 1. The molecular formula is C15H17FN4O. The van der Waals surface area contributed by atoms with Crippen molar-refractivity contribution in [1.29, 1.82) is 0 Å². The standard InChI is InChI=1S/C15H17FN4O/c1-10-8-13(17)9-20-14(10)18-6-7-19-15(21)11-2-4-12(16)5-3-11/h2-5,8-9H,6-7,17H2,1H3,(H,18,20)(H,19,21). The Hall–Kier alpha value is -2.63. The number of rotatable bonds is 5. The molecule has 0 radical (unpaired) electrons. The van der Waals surface area contributed by atoms with Gasteiger partial charge in [-0.05, 0) is 42.8 Å². The Kier molecular flexibility index (Phi) is 4.71. The number of halogens is 1. The first kappa shape index (κ1) is 14.8. The lowest BCUT2D eigenvalue weighted by molar-refractivity contribution is 0.0955. The summed E-state index contributed by atoms with van der Waals surface area (Å²) in [7, 11) is 0. The summed E-state index contributed by atoms with van der Waals surface area (Å²) in [5.41, 5.74) is 7.61. The highest BCUT2D eigenvalue weighted by molar-refractivity contribution is 5.94. The van der Waals surface area contributed by atoms with Gasteiger partial charge in [-0.2, -0.15) is 0 Å². The van der Waals surface area contributed by atoms with E-state index in [1.54, 1.807) is 6.20 Å². The minimum atomic E-state index is -0.363. The molecule has 1 aromatic heterocycles. The average molecular weight is 288 g/mol. The predicted octanol–water partition coefficient (Wildman–Crippen LogP) is 1.95. The molecule has 6 heteroatoms. The molecule has 0 bridgehead atoms. The van der Waals surface area contributed by atoms with E-state index >= 15 is 0 Å². The van der Waals surface area contributed by atoms with Crippen LogP contribution in [-0.2, 0) is 0 Å². The van der Waals surface area contributed by atoms with E-state index in [2.05, 4.69) is 15.6 Å². The van der Waals surface area contributed by atoms with Gasteiger partial charge < -0.3 is 16.4 Å². The highest BCUT2D eigenvalue weighted by Crippen LogP contribution is 2.13. The number of amides is 1. The van der Waals surface area contributed by atoms with Gasteiger partial charge in [0.2, 0.25) is 0 Å². The number of aromatic nitrogens is 1. The molecule has 0 unspecified atom stereocenters. The van der Waals surface area contributed by atoms with E-state index in [1.807, 2.05) is 13.0 Å². The first-order chi connectivity index (χ1) is 10.1. The minimum absolute atomic E-state index is 0.237. The predicted molar refractivity (Wildman–Crippen MR) is 80.6 cm³/mol. The number of nitrogens with one attached hydrogen (secondary N) is 2. The summed E-state index contributed by atoms with van der Waals surface area (Å²) in [5.74, 6) is 0.136. The van der Waals surface area contributed by atoms with Crippen LogP contribution in [0.15, 0.2) is 36.5 Å². The van der Waals surface area contributed by atoms with Crippen molar-refractivity contribution in [3.8, 4) is 0 Å². The summed E-state index contributed by atoms with van der Waals surface area (Å²) >= 11 is 0. The second-order valence-electron chi connectivity index (χ2n) is 4.62. The Morgan fingerprint density at radius 3 is 2.67 bits per heavy atom. The molecule has 1 aromatic carbocycles. The molecule has 0 aliphatic carbocycles. The summed E-state index contributed by atoms with van der Waals surface area (Å²) in [6.45, 7) is 2.87. The molecule has 2 aromatic rings. The van der Waals surface area contributed by atoms with Crippen LogP contribution in [0, 0.1) is 12.7 Å². The molecule has 5 nitrogen and oxygen atoms in total. The fraction of sp³-hybridized carbons (Fsp3) is 0.200. The number of pyridine rings is 1. The SMILES string of the molecule is Cc1cc(N)cnc1NCCNC(=O)c1ccc(F)cc1. The van der Waals surface area contributed by atoms with Crippen molar-refractivity contribution in [2.75, 3.05) is 24.1 Å². The van der Waals surface area contributed by atoms with Gasteiger partial charge in [-0.15, -0.1) is 0 Å². The summed E-state index contributed by atoms with van der Waals surface area (Å²) < 4.78 is 12.8. The van der Waals surface area contributed by atoms with Gasteiger partial charge in [0, 0.05) is 18.7 Å². The van der Waals surface area contributed by atoms with Gasteiger partial charge in [-0.3, -0.25) is 4.79 Å². The van der Waals surface area contributed by atoms with Crippen LogP contribution in [0.2, 0.25) is 0 Å². The average Bonchev–Trinajstić information content (AvgIpc) is 2.46. The highest BCUT2D eigenvalue weighted by atomic mass is 19.1. The van der Waals surface area contributed by atoms with Crippen molar-refractivity contribution >= 4 is 17.4 Å². The maximum Gasteiger partial charge on any atom is 0.251 e. The van der Waals surface area contributed by atoms with Crippen LogP contribution >= 0.6 is 0 Å². The van der Waals surface area contributed by atoms with Crippen LogP contribution in [0.1, 0.15) is 15.9 Å². The third-order valence-corrected chi connectivity index (χ3v) is 2.91. The lowest BCUT2D eigenvalue weighted by Crippen LogP contribution is -2.29. The van der Waals surface area contributed by atoms with Crippen LogP contribution in [0.3, 0.4) is 0 Å². The number of aryl methyl sites for hydroxylation is 1. The first-order valence-electron chi connectivity index (χ1n) is 6.56. The molecule has 0 aliphatic rings. The minimum Gasteiger partial charge on any atom is -0.397 e. The van der Waals surface area contributed by atoms with Gasteiger partial charge in [-0.1, -0.05) is 0 Å². The van der Waals surface area contributed by atoms with Crippen LogP contribution < -0.4 is 16.4 Å². The molecule has 0 atom stereocenters. The highest BCUT2D eigenvalue weighted by Gasteiger charge is 2.05. The maximum atomic E-state index is 12.8. The van der Waals surface area contributed by atoms with E-state index in [9.17, 15) is 9.18 Å². The number of anilines is 2. The normalized spacial score (nSPS) is 10.2. The zero-order chi connectivity index (χ0) is 15.2. The molecule has 110 valence electrons. The zero-order valence-corrected chi connectivity index (χ0v) is 11.7. The van der Waals surface area contributed by atoms with E-state index in [4.69, 9.17) is 5.73 Å². The van der Waals surface area contributed by atoms with Crippen LogP contribution in [0.4, 0.5) is 15.9 Å². The Labute approximate surface area is 122 Å². The van der Waals surface area contributed by atoms with E-state index in [0.29, 0.717) is 24.3 Å². The molecule has 1 amide bonds. The molecule has 21 heavy (non-hydrogen) atoms. The largest absolute Gasteiger partial charge is 0.397 e. The third kappa shape index (κ3) is 4.17.